The Bertz CT molecular complexity index is 233. The minimum Gasteiger partial charge on any atom is -0.481 e. The lowest BCUT2D eigenvalue weighted by molar-refractivity contribution is -0.154. The predicted molar refractivity (Wildman–Crippen MR) is 85.1 cm³/mol. The summed E-state index contributed by atoms with van der Waals surface area (Å²) in [6.07, 6.45) is 10.5. The summed E-state index contributed by atoms with van der Waals surface area (Å²) in [4.78, 5) is 21.3. The van der Waals surface area contributed by atoms with E-state index in [9.17, 15) is 9.59 Å². The Morgan fingerprint density at radius 2 is 1.10 bits per heavy atom. The molecule has 0 rings (SSSR count). The third-order valence-electron chi connectivity index (χ3n) is 3.19. The molecule has 0 bridgehead atoms. The maximum absolute atomic E-state index is 10.6. The van der Waals surface area contributed by atoms with Gasteiger partial charge in [0, 0.05) is 0 Å². The molecule has 0 spiro atoms. The van der Waals surface area contributed by atoms with Crippen molar-refractivity contribution in [3.63, 3.8) is 0 Å². The van der Waals surface area contributed by atoms with E-state index in [2.05, 4.69) is 6.92 Å². The van der Waals surface area contributed by atoms with Crippen LogP contribution in [0.5, 0.6) is 0 Å². The molecule has 0 heterocycles. The molecule has 6 heteroatoms. The average Bonchev–Trinajstić information content (AvgIpc) is 2.30. The summed E-state index contributed by atoms with van der Waals surface area (Å²) in [6.45, 7) is 2.20. The van der Waals surface area contributed by atoms with Crippen LogP contribution in [0.2, 0.25) is 0 Å². The van der Waals surface area contributed by atoms with E-state index in [1.165, 1.54) is 38.5 Å². The highest BCUT2D eigenvalue weighted by molar-refractivity contribution is 5.92. The summed E-state index contributed by atoms with van der Waals surface area (Å²) >= 11 is 0. The molecular formula is C14H28Cl2O4. The zero-order chi connectivity index (χ0) is 13.8. The fourth-order valence-corrected chi connectivity index (χ4v) is 2.01. The summed E-state index contributed by atoms with van der Waals surface area (Å²) in [5.41, 5.74) is 0. The molecule has 0 atom stereocenters. The number of carboxylic acids is 2. The Morgan fingerprint density at radius 1 is 0.750 bits per heavy atom. The van der Waals surface area contributed by atoms with Gasteiger partial charge in [0.1, 0.15) is 0 Å². The number of aliphatic carboxylic acids is 2. The van der Waals surface area contributed by atoms with E-state index in [-0.39, 0.29) is 31.2 Å². The lowest BCUT2D eigenvalue weighted by Crippen LogP contribution is -2.23. The van der Waals surface area contributed by atoms with Crippen LogP contribution >= 0.6 is 24.8 Å². The topological polar surface area (TPSA) is 74.6 Å². The molecule has 0 fully saturated rings. The van der Waals surface area contributed by atoms with Crippen molar-refractivity contribution in [3.05, 3.63) is 0 Å². The first-order valence-electron chi connectivity index (χ1n) is 7.05. The number of halogens is 2. The van der Waals surface area contributed by atoms with Crippen molar-refractivity contribution in [2.75, 3.05) is 0 Å². The summed E-state index contributed by atoms with van der Waals surface area (Å²) < 4.78 is 0. The van der Waals surface area contributed by atoms with E-state index in [1.807, 2.05) is 0 Å². The van der Waals surface area contributed by atoms with Gasteiger partial charge in [-0.05, 0) is 6.42 Å². The average molecular weight is 331 g/mol. The second-order valence-electron chi connectivity index (χ2n) is 4.85. The Balaban J connectivity index is -0.00000144. The molecule has 0 amide bonds. The van der Waals surface area contributed by atoms with Crippen molar-refractivity contribution in [1.82, 2.24) is 0 Å². The Hall–Kier alpha value is -0.480. The van der Waals surface area contributed by atoms with Crippen molar-refractivity contribution >= 4 is 36.8 Å². The van der Waals surface area contributed by atoms with Gasteiger partial charge in [0.05, 0.1) is 0 Å². The minimum absolute atomic E-state index is 0. The van der Waals surface area contributed by atoms with Gasteiger partial charge in [0.15, 0.2) is 5.92 Å². The molecule has 0 radical (unpaired) electrons. The van der Waals surface area contributed by atoms with Crippen LogP contribution in [-0.2, 0) is 9.59 Å². The Labute approximate surface area is 134 Å². The van der Waals surface area contributed by atoms with Crippen molar-refractivity contribution < 1.29 is 19.8 Å². The van der Waals surface area contributed by atoms with E-state index in [0.29, 0.717) is 6.42 Å². The maximum Gasteiger partial charge on any atom is 0.317 e. The first-order chi connectivity index (χ1) is 8.59. The molecule has 0 saturated heterocycles. The number of carbonyl (C=O) groups is 2. The maximum atomic E-state index is 10.6. The molecule has 0 aliphatic heterocycles. The van der Waals surface area contributed by atoms with Crippen molar-refractivity contribution in [1.29, 1.82) is 0 Å². The first-order valence-corrected chi connectivity index (χ1v) is 7.05. The molecule has 2 N–H and O–H groups in total. The quantitative estimate of drug-likeness (QED) is 0.407. The van der Waals surface area contributed by atoms with Crippen LogP contribution in [0.4, 0.5) is 0 Å². The fraction of sp³-hybridized carbons (Fsp3) is 0.857. The second-order valence-corrected chi connectivity index (χ2v) is 4.85. The first kappa shape index (κ1) is 24.5. The lowest BCUT2D eigenvalue weighted by atomic mass is 10.00. The van der Waals surface area contributed by atoms with Crippen molar-refractivity contribution in [3.8, 4) is 0 Å². The molecule has 0 saturated carbocycles. The molecule has 0 aromatic carbocycles. The largest absolute Gasteiger partial charge is 0.481 e. The SMILES string of the molecule is CCCCCCCCCCCC(C(=O)O)C(=O)O.Cl.Cl. The van der Waals surface area contributed by atoms with E-state index < -0.39 is 17.9 Å². The Morgan fingerprint density at radius 3 is 1.45 bits per heavy atom. The number of hydrogen-bond acceptors (Lipinski definition) is 2. The lowest BCUT2D eigenvalue weighted by Gasteiger charge is -2.06. The van der Waals surface area contributed by atoms with Gasteiger partial charge in [-0.2, -0.15) is 0 Å². The summed E-state index contributed by atoms with van der Waals surface area (Å²) in [6, 6.07) is 0. The van der Waals surface area contributed by atoms with E-state index in [0.717, 1.165) is 12.8 Å². The zero-order valence-corrected chi connectivity index (χ0v) is 13.8. The van der Waals surface area contributed by atoms with E-state index >= 15 is 0 Å². The third-order valence-corrected chi connectivity index (χ3v) is 3.19. The summed E-state index contributed by atoms with van der Waals surface area (Å²) in [5.74, 6) is -3.67. The van der Waals surface area contributed by atoms with Crippen LogP contribution in [0.15, 0.2) is 0 Å². The van der Waals surface area contributed by atoms with Gasteiger partial charge in [-0.3, -0.25) is 9.59 Å². The normalized spacial score (nSPS) is 9.70. The molecule has 0 aliphatic carbocycles. The minimum atomic E-state index is -1.23. The monoisotopic (exact) mass is 330 g/mol. The molecule has 4 nitrogen and oxygen atoms in total. The number of hydrogen-bond donors (Lipinski definition) is 2. The van der Waals surface area contributed by atoms with Gasteiger partial charge in [-0.15, -0.1) is 24.8 Å². The highest BCUT2D eigenvalue weighted by atomic mass is 35.5. The van der Waals surface area contributed by atoms with Crippen molar-refractivity contribution in [2.45, 2.75) is 71.1 Å². The highest BCUT2D eigenvalue weighted by Gasteiger charge is 2.24. The zero-order valence-electron chi connectivity index (χ0n) is 12.2. The molecule has 0 unspecified atom stereocenters. The van der Waals surface area contributed by atoms with E-state index in [4.69, 9.17) is 10.2 Å². The molecule has 0 aliphatic rings. The Kier molecular flexibility index (Phi) is 20.3. The molecule has 0 aromatic heterocycles. The number of carboxylic acid groups (broad SMARTS) is 2. The predicted octanol–water partition coefficient (Wildman–Crippen LogP) is 4.54. The second kappa shape index (κ2) is 16.6. The summed E-state index contributed by atoms with van der Waals surface area (Å²) in [7, 11) is 0. The smallest absolute Gasteiger partial charge is 0.317 e. The van der Waals surface area contributed by atoms with Gasteiger partial charge in [0.2, 0.25) is 0 Å². The van der Waals surface area contributed by atoms with Crippen LogP contribution in [0.3, 0.4) is 0 Å². The molecular weight excluding hydrogens is 303 g/mol. The number of unbranched alkanes of at least 4 members (excludes halogenated alkanes) is 8. The van der Waals surface area contributed by atoms with Crippen LogP contribution in [0.1, 0.15) is 71.1 Å². The van der Waals surface area contributed by atoms with Crippen LogP contribution < -0.4 is 0 Å². The fourth-order valence-electron chi connectivity index (χ4n) is 2.01. The van der Waals surface area contributed by atoms with Crippen LogP contribution in [-0.4, -0.2) is 22.2 Å². The standard InChI is InChI=1S/C14H26O4.2ClH/c1-2-3-4-5-6-7-8-9-10-11-12(13(15)16)14(17)18;;/h12H,2-11H2,1H3,(H,15,16)(H,17,18);2*1H. The molecule has 0 aromatic rings. The van der Waals surface area contributed by atoms with Gasteiger partial charge in [-0.25, -0.2) is 0 Å². The molecule has 20 heavy (non-hydrogen) atoms. The van der Waals surface area contributed by atoms with Crippen LogP contribution in [0.25, 0.3) is 0 Å². The highest BCUT2D eigenvalue weighted by Crippen LogP contribution is 2.14. The van der Waals surface area contributed by atoms with Gasteiger partial charge < -0.3 is 10.2 Å². The van der Waals surface area contributed by atoms with Crippen LogP contribution in [0, 0.1) is 5.92 Å². The van der Waals surface area contributed by atoms with Gasteiger partial charge >= 0.3 is 11.9 Å². The molecule has 122 valence electrons. The van der Waals surface area contributed by atoms with E-state index in [1.54, 1.807) is 0 Å². The number of rotatable bonds is 12. The van der Waals surface area contributed by atoms with Gasteiger partial charge in [-0.1, -0.05) is 64.7 Å². The third kappa shape index (κ3) is 13.9. The summed E-state index contributed by atoms with van der Waals surface area (Å²) in [5, 5.41) is 17.4. The van der Waals surface area contributed by atoms with Crippen molar-refractivity contribution in [2.24, 2.45) is 5.92 Å². The van der Waals surface area contributed by atoms with Gasteiger partial charge in [0.25, 0.3) is 0 Å².